The van der Waals surface area contributed by atoms with Crippen molar-refractivity contribution in [2.45, 2.75) is 0 Å². The quantitative estimate of drug-likeness (QED) is 0.194. The lowest BCUT2D eigenvalue weighted by Crippen LogP contribution is -2.16. The van der Waals surface area contributed by atoms with Gasteiger partial charge in [-0.15, -0.1) is 11.3 Å². The van der Waals surface area contributed by atoms with Crippen molar-refractivity contribution < 1.29 is 0 Å². The van der Waals surface area contributed by atoms with Crippen LogP contribution in [0.3, 0.4) is 0 Å². The number of benzene rings is 5. The third-order valence-corrected chi connectivity index (χ3v) is 7.51. The first kappa shape index (κ1) is 22.0. The van der Waals surface area contributed by atoms with Crippen molar-refractivity contribution in [3.8, 4) is 22.3 Å². The van der Waals surface area contributed by atoms with Crippen LogP contribution < -0.4 is 5.73 Å². The Balaban J connectivity index is 1.42. The summed E-state index contributed by atoms with van der Waals surface area (Å²) in [7, 11) is 0. The van der Waals surface area contributed by atoms with Gasteiger partial charge in [-0.1, -0.05) is 103 Å². The fourth-order valence-corrected chi connectivity index (χ4v) is 5.66. The van der Waals surface area contributed by atoms with Crippen LogP contribution in [0.4, 0.5) is 0 Å². The van der Waals surface area contributed by atoms with Gasteiger partial charge in [-0.25, -0.2) is 4.99 Å². The van der Waals surface area contributed by atoms with Crippen molar-refractivity contribution in [3.05, 3.63) is 132 Å². The molecule has 0 aliphatic carbocycles. The number of hydrogen-bond acceptors (Lipinski definition) is 2. The molecule has 0 saturated carbocycles. The molecule has 4 heteroatoms. The van der Waals surface area contributed by atoms with Crippen LogP contribution in [0, 0.1) is 5.41 Å². The number of amidine groups is 2. The van der Waals surface area contributed by atoms with Crippen molar-refractivity contribution in [2.75, 3.05) is 0 Å². The Kier molecular flexibility index (Phi) is 5.64. The van der Waals surface area contributed by atoms with Gasteiger partial charge >= 0.3 is 0 Å². The summed E-state index contributed by atoms with van der Waals surface area (Å²) in [5, 5.41) is 10.6. The highest BCUT2D eigenvalue weighted by molar-refractivity contribution is 7.25. The summed E-state index contributed by atoms with van der Waals surface area (Å²) in [6.45, 7) is 0. The number of fused-ring (bicyclic) bond motifs is 3. The van der Waals surface area contributed by atoms with Crippen LogP contribution >= 0.6 is 11.3 Å². The molecule has 5 aromatic carbocycles. The zero-order chi connectivity index (χ0) is 24.5. The molecule has 6 aromatic rings. The summed E-state index contributed by atoms with van der Waals surface area (Å²) in [4.78, 5) is 4.46. The Morgan fingerprint density at radius 3 is 1.94 bits per heavy atom. The lowest BCUT2D eigenvalue weighted by atomic mass is 9.98. The average molecular weight is 482 g/mol. The van der Waals surface area contributed by atoms with Gasteiger partial charge in [0.1, 0.15) is 5.84 Å². The van der Waals surface area contributed by atoms with Crippen molar-refractivity contribution in [1.82, 2.24) is 0 Å². The summed E-state index contributed by atoms with van der Waals surface area (Å²) in [6.07, 6.45) is 0. The van der Waals surface area contributed by atoms with E-state index in [1.165, 1.54) is 21.4 Å². The van der Waals surface area contributed by atoms with Crippen LogP contribution in [-0.4, -0.2) is 11.7 Å². The number of thiophene rings is 1. The highest BCUT2D eigenvalue weighted by Gasteiger charge is 2.14. The van der Waals surface area contributed by atoms with Crippen LogP contribution in [0.1, 0.15) is 11.1 Å². The molecule has 3 nitrogen and oxygen atoms in total. The highest BCUT2D eigenvalue weighted by Crippen LogP contribution is 2.38. The van der Waals surface area contributed by atoms with Gasteiger partial charge in [0.05, 0.1) is 0 Å². The third kappa shape index (κ3) is 4.08. The normalized spacial score (nSPS) is 11.7. The molecule has 172 valence electrons. The molecule has 0 spiro atoms. The zero-order valence-corrected chi connectivity index (χ0v) is 20.3. The van der Waals surface area contributed by atoms with Gasteiger partial charge < -0.3 is 5.73 Å². The number of rotatable bonds is 4. The monoisotopic (exact) mass is 481 g/mol. The van der Waals surface area contributed by atoms with Gasteiger partial charge in [-0.05, 0) is 40.5 Å². The van der Waals surface area contributed by atoms with E-state index in [0.717, 1.165) is 32.2 Å². The first-order valence-electron chi connectivity index (χ1n) is 11.8. The number of aliphatic imine (C=N–C) groups is 1. The van der Waals surface area contributed by atoms with Gasteiger partial charge in [-0.2, -0.15) is 0 Å². The molecule has 0 unspecified atom stereocenters. The molecule has 0 fully saturated rings. The van der Waals surface area contributed by atoms with E-state index in [0.29, 0.717) is 5.84 Å². The van der Waals surface area contributed by atoms with Crippen LogP contribution in [0.5, 0.6) is 0 Å². The van der Waals surface area contributed by atoms with Crippen molar-refractivity contribution >= 4 is 43.2 Å². The largest absolute Gasteiger partial charge is 0.383 e. The average Bonchev–Trinajstić information content (AvgIpc) is 3.32. The minimum Gasteiger partial charge on any atom is -0.383 e. The molecule has 6 rings (SSSR count). The first-order chi connectivity index (χ1) is 17.7. The van der Waals surface area contributed by atoms with Gasteiger partial charge in [0.15, 0.2) is 5.84 Å². The minimum absolute atomic E-state index is 0.156. The second kappa shape index (κ2) is 9.25. The van der Waals surface area contributed by atoms with E-state index >= 15 is 0 Å². The molecule has 0 aliphatic rings. The van der Waals surface area contributed by atoms with Gasteiger partial charge in [0.2, 0.25) is 0 Å². The van der Waals surface area contributed by atoms with Crippen LogP contribution in [0.25, 0.3) is 42.4 Å². The molecule has 1 aromatic heterocycles. The number of hydrogen-bond donors (Lipinski definition) is 2. The van der Waals surface area contributed by atoms with E-state index < -0.39 is 0 Å². The van der Waals surface area contributed by atoms with E-state index in [9.17, 15) is 0 Å². The Bertz CT molecular complexity index is 1730. The summed E-state index contributed by atoms with van der Waals surface area (Å²) in [5.41, 5.74) is 12.8. The lowest BCUT2D eigenvalue weighted by molar-refractivity contribution is 1.40. The molecule has 36 heavy (non-hydrogen) atoms. The van der Waals surface area contributed by atoms with Crippen molar-refractivity contribution in [3.63, 3.8) is 0 Å². The van der Waals surface area contributed by atoms with Gasteiger partial charge in [0, 0.05) is 31.3 Å². The summed E-state index contributed by atoms with van der Waals surface area (Å²) in [5.74, 6) is 0.510. The summed E-state index contributed by atoms with van der Waals surface area (Å²) < 4.78 is 2.36. The predicted molar refractivity (Wildman–Crippen MR) is 154 cm³/mol. The zero-order valence-electron chi connectivity index (χ0n) is 19.5. The molecule has 0 aliphatic heterocycles. The highest BCUT2D eigenvalue weighted by atomic mass is 32.1. The fourth-order valence-electron chi connectivity index (χ4n) is 4.55. The maximum absolute atomic E-state index is 8.40. The molecule has 0 radical (unpaired) electrons. The SMILES string of the molecule is N=C(N=C(N)c1cccc2sc3ccc(-c4ccc(-c5ccccc5)cc4)cc3c12)c1ccccc1. The lowest BCUT2D eigenvalue weighted by Gasteiger charge is -2.07. The predicted octanol–water partition coefficient (Wildman–Crippen LogP) is 8.12. The molecular formula is C32H23N3S. The smallest absolute Gasteiger partial charge is 0.154 e. The molecule has 0 saturated heterocycles. The molecule has 0 bridgehead atoms. The maximum atomic E-state index is 8.40. The van der Waals surface area contributed by atoms with E-state index in [1.54, 1.807) is 11.3 Å². The second-order valence-corrected chi connectivity index (χ2v) is 9.73. The molecule has 0 atom stereocenters. The van der Waals surface area contributed by atoms with Crippen molar-refractivity contribution in [1.29, 1.82) is 5.41 Å². The number of nitrogens with one attached hydrogen (secondary N) is 1. The molecule has 1 heterocycles. The Labute approximate surface area is 213 Å². The van der Waals surface area contributed by atoms with E-state index in [2.05, 4.69) is 77.8 Å². The van der Waals surface area contributed by atoms with Gasteiger partial charge in [0.25, 0.3) is 0 Å². The minimum atomic E-state index is 0.156. The van der Waals surface area contributed by atoms with Crippen molar-refractivity contribution in [2.24, 2.45) is 10.7 Å². The Morgan fingerprint density at radius 1 is 0.611 bits per heavy atom. The summed E-state index contributed by atoms with van der Waals surface area (Å²) >= 11 is 1.75. The standard InChI is InChI=1S/C32H23N3S/c33-31(24-10-5-2-6-11-24)35-32(34)26-12-7-13-29-30(26)27-20-25(18-19-28(27)36-29)23-16-14-22(15-17-23)21-8-3-1-4-9-21/h1-20H,(H3,33,34,35). The van der Waals surface area contributed by atoms with Crippen LogP contribution in [0.15, 0.2) is 126 Å². The number of nitrogens with two attached hydrogens (primary N) is 1. The topological polar surface area (TPSA) is 62.2 Å². The van der Waals surface area contributed by atoms with E-state index in [1.807, 2.05) is 48.5 Å². The van der Waals surface area contributed by atoms with E-state index in [-0.39, 0.29) is 5.84 Å². The fraction of sp³-hybridized carbons (Fsp3) is 0. The van der Waals surface area contributed by atoms with E-state index in [4.69, 9.17) is 11.1 Å². The Hall–Kier alpha value is -4.54. The maximum Gasteiger partial charge on any atom is 0.154 e. The summed E-state index contributed by atoms with van der Waals surface area (Å²) in [6, 6.07) is 41.3. The Morgan fingerprint density at radius 2 is 1.22 bits per heavy atom. The molecule has 3 N–H and O–H groups in total. The molecular weight excluding hydrogens is 458 g/mol. The number of nitrogens with zero attached hydrogens (tertiary/aromatic N) is 1. The second-order valence-electron chi connectivity index (χ2n) is 8.65. The third-order valence-electron chi connectivity index (χ3n) is 6.38. The van der Waals surface area contributed by atoms with Gasteiger partial charge in [-0.3, -0.25) is 5.41 Å². The first-order valence-corrected chi connectivity index (χ1v) is 12.6. The molecule has 0 amide bonds. The van der Waals surface area contributed by atoms with Crippen LogP contribution in [-0.2, 0) is 0 Å². The van der Waals surface area contributed by atoms with Crippen LogP contribution in [0.2, 0.25) is 0 Å².